The average molecular weight is 291 g/mol. The molecule has 0 bridgehead atoms. The normalized spacial score (nSPS) is 23.9. The van der Waals surface area contributed by atoms with Gasteiger partial charge in [0.2, 0.25) is 0 Å². The second-order valence-corrected chi connectivity index (χ2v) is 5.38. The number of nitrogens with one attached hydrogen (secondary N) is 1. The van der Waals surface area contributed by atoms with Crippen LogP contribution in [-0.2, 0) is 17.5 Å². The monoisotopic (exact) mass is 291 g/mol. The lowest BCUT2D eigenvalue weighted by Crippen LogP contribution is -2.48. The fourth-order valence-electron chi connectivity index (χ4n) is 2.29. The standard InChI is InChI=1S/C14H17F4NO/c1-13(5-2-6-20-9-13)19-8-10-3-4-12(15)11(7-10)14(16,17)18/h3-4,7,19H,2,5-6,8-9H2,1H3. The van der Waals surface area contributed by atoms with Gasteiger partial charge in [-0.3, -0.25) is 0 Å². The maximum atomic E-state index is 13.2. The Labute approximate surface area is 115 Å². The van der Waals surface area contributed by atoms with E-state index < -0.39 is 17.6 Å². The first-order valence-corrected chi connectivity index (χ1v) is 6.49. The SMILES string of the molecule is CC1(NCc2ccc(F)c(C(F)(F)F)c2)CCCOC1. The third kappa shape index (κ3) is 3.70. The van der Waals surface area contributed by atoms with Gasteiger partial charge in [0.15, 0.2) is 0 Å². The van der Waals surface area contributed by atoms with E-state index >= 15 is 0 Å². The first-order valence-electron chi connectivity index (χ1n) is 6.49. The molecular formula is C14H17F4NO. The predicted molar refractivity (Wildman–Crippen MR) is 66.7 cm³/mol. The Morgan fingerprint density at radius 2 is 2.10 bits per heavy atom. The lowest BCUT2D eigenvalue weighted by molar-refractivity contribution is -0.140. The number of benzene rings is 1. The van der Waals surface area contributed by atoms with Crippen molar-refractivity contribution in [2.24, 2.45) is 0 Å². The zero-order valence-electron chi connectivity index (χ0n) is 11.2. The molecule has 1 aliphatic rings. The van der Waals surface area contributed by atoms with Crippen LogP contribution in [0.5, 0.6) is 0 Å². The summed E-state index contributed by atoms with van der Waals surface area (Å²) < 4.78 is 56.4. The van der Waals surface area contributed by atoms with Gasteiger partial charge in [0, 0.05) is 18.7 Å². The Morgan fingerprint density at radius 3 is 2.70 bits per heavy atom. The summed E-state index contributed by atoms with van der Waals surface area (Å²) in [6.45, 7) is 3.47. The van der Waals surface area contributed by atoms with Crippen LogP contribution in [0, 0.1) is 5.82 Å². The molecule has 1 atom stereocenters. The molecule has 1 heterocycles. The molecule has 0 radical (unpaired) electrons. The van der Waals surface area contributed by atoms with E-state index in [4.69, 9.17) is 4.74 Å². The van der Waals surface area contributed by atoms with Crippen LogP contribution in [0.3, 0.4) is 0 Å². The summed E-state index contributed by atoms with van der Waals surface area (Å²) in [4.78, 5) is 0. The van der Waals surface area contributed by atoms with Gasteiger partial charge < -0.3 is 10.1 Å². The van der Waals surface area contributed by atoms with Gasteiger partial charge in [-0.15, -0.1) is 0 Å². The van der Waals surface area contributed by atoms with E-state index in [-0.39, 0.29) is 12.1 Å². The second-order valence-electron chi connectivity index (χ2n) is 5.38. The van der Waals surface area contributed by atoms with Crippen LogP contribution >= 0.6 is 0 Å². The number of hydrogen-bond donors (Lipinski definition) is 1. The molecule has 112 valence electrons. The zero-order valence-corrected chi connectivity index (χ0v) is 11.2. The highest BCUT2D eigenvalue weighted by atomic mass is 19.4. The van der Waals surface area contributed by atoms with Gasteiger partial charge in [0.1, 0.15) is 5.82 Å². The molecule has 2 rings (SSSR count). The van der Waals surface area contributed by atoms with E-state index in [0.29, 0.717) is 18.8 Å². The number of halogens is 4. The van der Waals surface area contributed by atoms with Crippen molar-refractivity contribution in [3.8, 4) is 0 Å². The van der Waals surface area contributed by atoms with Crippen LogP contribution < -0.4 is 5.32 Å². The molecule has 0 saturated carbocycles. The maximum Gasteiger partial charge on any atom is 0.419 e. The number of ether oxygens (including phenoxy) is 1. The molecule has 1 saturated heterocycles. The van der Waals surface area contributed by atoms with Crippen molar-refractivity contribution in [1.29, 1.82) is 0 Å². The summed E-state index contributed by atoms with van der Waals surface area (Å²) in [5.74, 6) is -1.24. The Kier molecular flexibility index (Phi) is 4.34. The largest absolute Gasteiger partial charge is 0.419 e. The Hall–Kier alpha value is -1.14. The molecular weight excluding hydrogens is 274 g/mol. The van der Waals surface area contributed by atoms with Gasteiger partial charge >= 0.3 is 6.18 Å². The Morgan fingerprint density at radius 1 is 1.35 bits per heavy atom. The molecule has 0 amide bonds. The van der Waals surface area contributed by atoms with E-state index in [0.717, 1.165) is 25.0 Å². The van der Waals surface area contributed by atoms with Gasteiger partial charge in [-0.25, -0.2) is 4.39 Å². The summed E-state index contributed by atoms with van der Waals surface area (Å²) in [5.41, 5.74) is -1.06. The molecule has 1 fully saturated rings. The molecule has 2 nitrogen and oxygen atoms in total. The van der Waals surface area contributed by atoms with Crippen molar-refractivity contribution in [2.45, 2.75) is 38.0 Å². The van der Waals surface area contributed by atoms with Crippen molar-refractivity contribution in [1.82, 2.24) is 5.32 Å². The second kappa shape index (κ2) is 5.69. The van der Waals surface area contributed by atoms with Crippen molar-refractivity contribution in [3.05, 3.63) is 35.1 Å². The molecule has 20 heavy (non-hydrogen) atoms. The molecule has 1 aromatic carbocycles. The van der Waals surface area contributed by atoms with E-state index in [1.165, 1.54) is 6.07 Å². The molecule has 1 aliphatic heterocycles. The Balaban J connectivity index is 2.06. The van der Waals surface area contributed by atoms with Crippen LogP contribution in [-0.4, -0.2) is 18.8 Å². The summed E-state index contributed by atoms with van der Waals surface area (Å²) >= 11 is 0. The summed E-state index contributed by atoms with van der Waals surface area (Å²) in [7, 11) is 0. The molecule has 0 spiro atoms. The van der Waals surface area contributed by atoms with E-state index in [1.807, 2.05) is 6.92 Å². The Bertz CT molecular complexity index is 467. The van der Waals surface area contributed by atoms with Crippen LogP contribution in [0.1, 0.15) is 30.9 Å². The van der Waals surface area contributed by atoms with Crippen LogP contribution in [0.2, 0.25) is 0 Å². The van der Waals surface area contributed by atoms with Crippen LogP contribution in [0.25, 0.3) is 0 Å². The smallest absolute Gasteiger partial charge is 0.380 e. The van der Waals surface area contributed by atoms with E-state index in [2.05, 4.69) is 5.32 Å². The number of alkyl halides is 3. The molecule has 6 heteroatoms. The topological polar surface area (TPSA) is 21.3 Å². The highest BCUT2D eigenvalue weighted by Crippen LogP contribution is 2.32. The summed E-state index contributed by atoms with van der Waals surface area (Å²) in [5, 5.41) is 3.20. The zero-order chi connectivity index (χ0) is 14.8. The van der Waals surface area contributed by atoms with E-state index in [1.54, 1.807) is 0 Å². The van der Waals surface area contributed by atoms with Crippen LogP contribution in [0.15, 0.2) is 18.2 Å². The van der Waals surface area contributed by atoms with Crippen molar-refractivity contribution in [3.63, 3.8) is 0 Å². The maximum absolute atomic E-state index is 13.2. The van der Waals surface area contributed by atoms with Gasteiger partial charge in [-0.05, 0) is 37.5 Å². The molecule has 0 aliphatic carbocycles. The minimum Gasteiger partial charge on any atom is -0.380 e. The molecule has 0 aromatic heterocycles. The molecule has 1 N–H and O–H groups in total. The molecule has 1 unspecified atom stereocenters. The minimum absolute atomic E-state index is 0.245. The fraction of sp³-hybridized carbons (Fsp3) is 0.571. The first-order chi connectivity index (χ1) is 9.30. The average Bonchev–Trinajstić information content (AvgIpc) is 2.37. The van der Waals surface area contributed by atoms with E-state index in [9.17, 15) is 17.6 Å². The highest BCUT2D eigenvalue weighted by Gasteiger charge is 2.34. The van der Waals surface area contributed by atoms with Gasteiger partial charge in [-0.2, -0.15) is 13.2 Å². The lowest BCUT2D eigenvalue weighted by atomic mass is 9.94. The van der Waals surface area contributed by atoms with Crippen molar-refractivity contribution >= 4 is 0 Å². The van der Waals surface area contributed by atoms with Gasteiger partial charge in [0.25, 0.3) is 0 Å². The summed E-state index contributed by atoms with van der Waals surface area (Å²) in [6.07, 6.45) is -2.85. The van der Waals surface area contributed by atoms with Crippen molar-refractivity contribution in [2.75, 3.05) is 13.2 Å². The van der Waals surface area contributed by atoms with Crippen molar-refractivity contribution < 1.29 is 22.3 Å². The summed E-state index contributed by atoms with van der Waals surface area (Å²) in [6, 6.07) is 3.08. The lowest BCUT2D eigenvalue weighted by Gasteiger charge is -2.34. The number of rotatable bonds is 3. The third-order valence-electron chi connectivity index (χ3n) is 3.49. The highest BCUT2D eigenvalue weighted by molar-refractivity contribution is 5.27. The minimum atomic E-state index is -4.67. The molecule has 1 aromatic rings. The van der Waals surface area contributed by atoms with Gasteiger partial charge in [-0.1, -0.05) is 6.07 Å². The number of hydrogen-bond acceptors (Lipinski definition) is 2. The fourth-order valence-corrected chi connectivity index (χ4v) is 2.29. The third-order valence-corrected chi connectivity index (χ3v) is 3.49. The van der Waals surface area contributed by atoms with Gasteiger partial charge in [0.05, 0.1) is 12.2 Å². The predicted octanol–water partition coefficient (Wildman–Crippen LogP) is 3.50. The quantitative estimate of drug-likeness (QED) is 0.861. The first kappa shape index (κ1) is 15.3. The van der Waals surface area contributed by atoms with Crippen LogP contribution in [0.4, 0.5) is 17.6 Å².